The van der Waals surface area contributed by atoms with Crippen molar-refractivity contribution in [2.24, 2.45) is 22.7 Å². The van der Waals surface area contributed by atoms with E-state index in [1.165, 1.54) is 16.7 Å². The van der Waals surface area contributed by atoms with Crippen LogP contribution in [-0.2, 0) is 33.6 Å². The predicted octanol–water partition coefficient (Wildman–Crippen LogP) is 1.33. The van der Waals surface area contributed by atoms with E-state index in [0.717, 1.165) is 0 Å². The minimum absolute atomic E-state index is 0.0702. The van der Waals surface area contributed by atoms with Crippen LogP contribution in [0.3, 0.4) is 0 Å². The number of likely N-dealkylation sites (tertiary alicyclic amines) is 1. The number of benzene rings is 1. The van der Waals surface area contributed by atoms with Crippen molar-refractivity contribution in [1.82, 2.24) is 31.1 Å². The van der Waals surface area contributed by atoms with Crippen molar-refractivity contribution in [3.63, 3.8) is 0 Å². The maximum Gasteiger partial charge on any atom is 0.290 e. The molecular weight excluding hydrogens is 616 g/mol. The molecule has 1 aliphatic carbocycles. The fourth-order valence-electron chi connectivity index (χ4n) is 6.57. The van der Waals surface area contributed by atoms with E-state index in [9.17, 15) is 33.6 Å². The molecule has 1 aromatic rings. The maximum atomic E-state index is 13.9. The summed E-state index contributed by atoms with van der Waals surface area (Å²) in [5.74, 6) is -4.37. The van der Waals surface area contributed by atoms with Crippen LogP contribution in [0.1, 0.15) is 79.3 Å². The van der Waals surface area contributed by atoms with Crippen molar-refractivity contribution in [2.75, 3.05) is 27.2 Å². The molecule has 264 valence electrons. The molecule has 1 saturated heterocycles. The maximum absolute atomic E-state index is 13.9. The van der Waals surface area contributed by atoms with Crippen LogP contribution in [0.5, 0.6) is 0 Å². The van der Waals surface area contributed by atoms with Crippen LogP contribution in [0.15, 0.2) is 30.3 Å². The number of hydrogen-bond donors (Lipinski definition) is 4. The summed E-state index contributed by atoms with van der Waals surface area (Å²) >= 11 is 0. The number of hydrogen-bond acceptors (Lipinski definition) is 7. The molecule has 5 unspecified atom stereocenters. The minimum Gasteiger partial charge on any atom is -0.347 e. The number of Topliss-reactive ketones (excluding diaryl/α,β-unsaturated/α-hetero) is 1. The predicted molar refractivity (Wildman–Crippen MR) is 179 cm³/mol. The van der Waals surface area contributed by atoms with Gasteiger partial charge in [-0.25, -0.2) is 0 Å². The van der Waals surface area contributed by atoms with Crippen LogP contribution in [0.4, 0.5) is 0 Å². The molecule has 13 heteroatoms. The number of carbonyl (C=O) groups is 7. The van der Waals surface area contributed by atoms with Crippen molar-refractivity contribution in [3.05, 3.63) is 35.9 Å². The van der Waals surface area contributed by atoms with Crippen molar-refractivity contribution in [1.29, 1.82) is 0 Å². The van der Waals surface area contributed by atoms with Gasteiger partial charge in [-0.15, -0.1) is 0 Å². The molecule has 6 atom stereocenters. The van der Waals surface area contributed by atoms with Gasteiger partial charge in [0.2, 0.25) is 35.3 Å². The summed E-state index contributed by atoms with van der Waals surface area (Å²) in [7, 11) is 3.12. The first-order valence-electron chi connectivity index (χ1n) is 16.6. The van der Waals surface area contributed by atoms with Crippen LogP contribution in [0.25, 0.3) is 0 Å². The van der Waals surface area contributed by atoms with Crippen molar-refractivity contribution < 1.29 is 33.6 Å². The standard InChI is InChI=1S/C35H52N6O7/c1-10-11-17-23(28(44)31(46)36-18-24(43)39-26(32(47)40(8)9)21-15-13-12-14-16-21)38-30(45)27-25-22(35(25,6)7)19-41(27)33(48)29(34(3,4)5)37-20(2)42/h12-16,22-23,25-27,29H,10-11,17-19H2,1-9H3,(H,36,46)(H,37,42)(H,38,45)(H,39,43)/t22-,23?,25?,26?,27?,29?/m0/s1. The fourth-order valence-corrected chi connectivity index (χ4v) is 6.57. The number of ketones is 1. The van der Waals surface area contributed by atoms with Crippen molar-refractivity contribution in [2.45, 2.75) is 91.9 Å². The summed E-state index contributed by atoms with van der Waals surface area (Å²) in [6, 6.07) is 4.72. The van der Waals surface area contributed by atoms with Crippen LogP contribution in [0, 0.1) is 22.7 Å². The van der Waals surface area contributed by atoms with Gasteiger partial charge in [0.25, 0.3) is 5.91 Å². The summed E-state index contributed by atoms with van der Waals surface area (Å²) < 4.78 is 0. The molecule has 2 fully saturated rings. The van der Waals surface area contributed by atoms with Gasteiger partial charge in [0.1, 0.15) is 18.1 Å². The highest BCUT2D eigenvalue weighted by molar-refractivity contribution is 6.38. The zero-order valence-corrected chi connectivity index (χ0v) is 29.6. The number of fused-ring (bicyclic) bond motifs is 1. The average Bonchev–Trinajstić information content (AvgIpc) is 3.33. The number of amides is 6. The Morgan fingerprint density at radius 1 is 0.979 bits per heavy atom. The van der Waals surface area contributed by atoms with E-state index in [2.05, 4.69) is 21.3 Å². The van der Waals surface area contributed by atoms with Crippen LogP contribution >= 0.6 is 0 Å². The number of nitrogens with zero attached hydrogens (tertiary/aromatic N) is 2. The van der Waals surface area contributed by atoms with E-state index >= 15 is 0 Å². The number of likely N-dealkylation sites (N-methyl/N-ethyl adjacent to an activating group) is 1. The summed E-state index contributed by atoms with van der Waals surface area (Å²) in [5.41, 5.74) is -0.277. The summed E-state index contributed by atoms with van der Waals surface area (Å²) in [6.07, 6.45) is 1.41. The van der Waals surface area contributed by atoms with Crippen LogP contribution in [0.2, 0.25) is 0 Å². The van der Waals surface area contributed by atoms with Crippen LogP contribution in [-0.4, -0.2) is 96.3 Å². The molecule has 0 bridgehead atoms. The van der Waals surface area contributed by atoms with Gasteiger partial charge in [-0.2, -0.15) is 0 Å². The van der Waals surface area contributed by atoms with E-state index in [-0.39, 0.29) is 41.4 Å². The number of nitrogens with one attached hydrogen (secondary N) is 4. The summed E-state index contributed by atoms with van der Waals surface area (Å²) in [6.45, 7) is 12.6. The van der Waals surface area contributed by atoms with Gasteiger partial charge in [0.15, 0.2) is 0 Å². The zero-order valence-electron chi connectivity index (χ0n) is 29.6. The molecule has 13 nitrogen and oxygen atoms in total. The molecular formula is C35H52N6O7. The highest BCUT2D eigenvalue weighted by Gasteiger charge is 2.69. The highest BCUT2D eigenvalue weighted by atomic mass is 16.2. The zero-order chi connectivity index (χ0) is 36.1. The Morgan fingerprint density at radius 3 is 2.15 bits per heavy atom. The normalized spacial score (nSPS) is 21.1. The Morgan fingerprint density at radius 2 is 1.60 bits per heavy atom. The molecule has 1 aliphatic heterocycles. The molecule has 48 heavy (non-hydrogen) atoms. The molecule has 0 spiro atoms. The van der Waals surface area contributed by atoms with Gasteiger partial charge >= 0.3 is 0 Å². The molecule has 1 saturated carbocycles. The molecule has 0 radical (unpaired) electrons. The van der Waals surface area contributed by atoms with Gasteiger partial charge in [-0.3, -0.25) is 33.6 Å². The van der Waals surface area contributed by atoms with Gasteiger partial charge in [0.05, 0.1) is 12.6 Å². The lowest BCUT2D eigenvalue weighted by atomic mass is 9.85. The van der Waals surface area contributed by atoms with Crippen molar-refractivity contribution in [3.8, 4) is 0 Å². The topological polar surface area (TPSA) is 174 Å². The molecule has 2 aliphatic rings. The van der Waals surface area contributed by atoms with E-state index in [1.807, 2.05) is 41.5 Å². The van der Waals surface area contributed by atoms with Gasteiger partial charge in [-0.05, 0) is 34.7 Å². The SMILES string of the molecule is CCCCC(NC(=O)C1C2[C@H](CN1C(=O)C(NC(C)=O)C(C)(C)C)C2(C)C)C(=O)C(=O)NCC(=O)NC(C(=O)N(C)C)c1ccccc1. The number of unbranched alkanes of at least 4 members (excludes halogenated alkanes) is 1. The molecule has 1 aromatic carbocycles. The lowest BCUT2D eigenvalue weighted by Crippen LogP contribution is -2.60. The third kappa shape index (κ3) is 8.78. The highest BCUT2D eigenvalue weighted by Crippen LogP contribution is 2.65. The van der Waals surface area contributed by atoms with E-state index in [0.29, 0.717) is 24.9 Å². The second-order valence-electron chi connectivity index (χ2n) is 14.8. The van der Waals surface area contributed by atoms with E-state index < -0.39 is 59.6 Å². The first kappa shape index (κ1) is 38.2. The van der Waals surface area contributed by atoms with Gasteiger partial charge in [0, 0.05) is 27.6 Å². The lowest BCUT2D eigenvalue weighted by molar-refractivity contribution is -0.146. The quantitative estimate of drug-likeness (QED) is 0.216. The molecule has 0 aromatic heterocycles. The minimum atomic E-state index is -1.18. The molecule has 4 N–H and O–H groups in total. The largest absolute Gasteiger partial charge is 0.347 e. The summed E-state index contributed by atoms with van der Waals surface area (Å²) in [5, 5.41) is 10.4. The van der Waals surface area contributed by atoms with Crippen molar-refractivity contribution >= 4 is 41.2 Å². The smallest absolute Gasteiger partial charge is 0.290 e. The fraction of sp³-hybridized carbons (Fsp3) is 0.629. The number of rotatable bonds is 14. The second kappa shape index (κ2) is 15.3. The average molecular weight is 669 g/mol. The van der Waals surface area contributed by atoms with E-state index in [4.69, 9.17) is 0 Å². The lowest BCUT2D eigenvalue weighted by Gasteiger charge is -2.37. The number of piperidine rings is 1. The number of carbonyl (C=O) groups excluding carboxylic acids is 7. The van der Waals surface area contributed by atoms with E-state index in [1.54, 1.807) is 44.4 Å². The van der Waals surface area contributed by atoms with Gasteiger partial charge < -0.3 is 31.1 Å². The third-order valence-electron chi connectivity index (χ3n) is 9.46. The monoisotopic (exact) mass is 668 g/mol. The Balaban J connectivity index is 1.73. The van der Waals surface area contributed by atoms with Gasteiger partial charge in [-0.1, -0.05) is 84.7 Å². The molecule has 1 heterocycles. The Bertz CT molecular complexity index is 1400. The first-order valence-corrected chi connectivity index (χ1v) is 16.6. The second-order valence-corrected chi connectivity index (χ2v) is 14.8. The Labute approximate surface area is 283 Å². The molecule has 6 amide bonds. The van der Waals surface area contributed by atoms with Crippen LogP contribution < -0.4 is 21.3 Å². The third-order valence-corrected chi connectivity index (χ3v) is 9.46. The Kier molecular flexibility index (Phi) is 12.2. The Hall–Kier alpha value is -4.29. The summed E-state index contributed by atoms with van der Waals surface area (Å²) in [4.78, 5) is 94.7. The molecule has 3 rings (SSSR count). The first-order chi connectivity index (χ1) is 22.3.